The lowest BCUT2D eigenvalue weighted by molar-refractivity contribution is -0.112. The monoisotopic (exact) mass is 501 g/mol. The molecule has 1 aliphatic rings. The molecule has 0 saturated heterocycles. The van der Waals surface area contributed by atoms with Crippen LogP contribution in [0.15, 0.2) is 47.8 Å². The van der Waals surface area contributed by atoms with Crippen LogP contribution in [0.4, 0.5) is 8.78 Å². The van der Waals surface area contributed by atoms with Crippen LogP contribution in [0.5, 0.6) is 0 Å². The highest BCUT2D eigenvalue weighted by Crippen LogP contribution is 2.56. The molecule has 0 aliphatic heterocycles. The van der Waals surface area contributed by atoms with Crippen LogP contribution in [-0.4, -0.2) is 52.7 Å². The van der Waals surface area contributed by atoms with E-state index in [9.17, 15) is 36.3 Å². The first kappa shape index (κ1) is 25.1. The van der Waals surface area contributed by atoms with Crippen LogP contribution in [0.1, 0.15) is 35.3 Å². The number of carbonyl (C=O) groups excluding carboxylic acids is 1. The van der Waals surface area contributed by atoms with Crippen molar-refractivity contribution in [1.29, 1.82) is 0 Å². The van der Waals surface area contributed by atoms with Gasteiger partial charge in [-0.15, -0.1) is 0 Å². The average Bonchev–Trinajstić information content (AvgIpc) is 3.02. The lowest BCUT2D eigenvalue weighted by Gasteiger charge is -2.21. The van der Waals surface area contributed by atoms with Crippen molar-refractivity contribution in [1.82, 2.24) is 9.97 Å². The summed E-state index contributed by atoms with van der Waals surface area (Å²) in [6.07, 6.45) is 2.06. The number of hydrogen-bond donors (Lipinski definition) is 3. The first-order valence-corrected chi connectivity index (χ1v) is 13.3. The Labute approximate surface area is 188 Å². The van der Waals surface area contributed by atoms with Crippen molar-refractivity contribution >= 4 is 28.9 Å². The molecule has 2 unspecified atom stereocenters. The van der Waals surface area contributed by atoms with E-state index in [-0.39, 0.29) is 40.1 Å². The molecule has 1 amide bonds. The summed E-state index contributed by atoms with van der Waals surface area (Å²) < 4.78 is 64.4. The number of amides is 1. The minimum Gasteiger partial charge on any atom is -0.366 e. The van der Waals surface area contributed by atoms with Crippen LogP contribution in [-0.2, 0) is 19.2 Å². The Morgan fingerprint density at radius 3 is 2.36 bits per heavy atom. The van der Waals surface area contributed by atoms with Crippen LogP contribution < -0.4 is 5.73 Å². The number of carbonyl (C=O) groups is 1. The zero-order valence-electron chi connectivity index (χ0n) is 17.4. The molecule has 33 heavy (non-hydrogen) atoms. The zero-order chi connectivity index (χ0) is 24.6. The number of halogens is 2. The van der Waals surface area contributed by atoms with E-state index < -0.39 is 47.3 Å². The third-order valence-electron chi connectivity index (χ3n) is 5.33. The number of sulfone groups is 1. The number of alkyl halides is 2. The molecule has 2 aromatic rings. The number of rotatable bonds is 7. The van der Waals surface area contributed by atoms with Crippen LogP contribution in [0.3, 0.4) is 0 Å². The maximum Gasteiger partial charge on any atom is 0.339 e. The molecule has 9 nitrogen and oxygen atoms in total. The maximum atomic E-state index is 13.6. The molecule has 13 heteroatoms. The average molecular weight is 501 g/mol. The fourth-order valence-corrected chi connectivity index (χ4v) is 5.96. The van der Waals surface area contributed by atoms with Gasteiger partial charge in [-0.25, -0.2) is 17.2 Å². The Morgan fingerprint density at radius 2 is 1.88 bits per heavy atom. The highest BCUT2D eigenvalue weighted by Gasteiger charge is 2.38. The summed E-state index contributed by atoms with van der Waals surface area (Å²) in [5, 5.41) is 0. The van der Waals surface area contributed by atoms with Crippen molar-refractivity contribution in [3.8, 4) is 0 Å². The van der Waals surface area contributed by atoms with E-state index in [1.807, 2.05) is 0 Å². The van der Waals surface area contributed by atoms with Crippen molar-refractivity contribution in [2.75, 3.05) is 6.26 Å². The summed E-state index contributed by atoms with van der Waals surface area (Å²) in [7, 11) is -9.01. The highest BCUT2D eigenvalue weighted by atomic mass is 32.2. The van der Waals surface area contributed by atoms with Gasteiger partial charge in [-0.3, -0.25) is 19.3 Å². The van der Waals surface area contributed by atoms with Gasteiger partial charge in [-0.1, -0.05) is 12.1 Å². The normalized spacial score (nSPS) is 22.8. The molecular formula is C20H22F2N3O6PS. The lowest BCUT2D eigenvalue weighted by atomic mass is 9.96. The van der Waals surface area contributed by atoms with Gasteiger partial charge < -0.3 is 15.5 Å². The fourth-order valence-electron chi connectivity index (χ4n) is 3.89. The fraction of sp³-hybridized carbons (Fsp3) is 0.350. The van der Waals surface area contributed by atoms with E-state index in [0.717, 1.165) is 24.6 Å². The highest BCUT2D eigenvalue weighted by molar-refractivity contribution is 7.90. The Balaban J connectivity index is 2.23. The zero-order valence-corrected chi connectivity index (χ0v) is 19.1. The molecular weight excluding hydrogens is 479 g/mol. The SMILES string of the molecule is CS(=O)(=O)c1ccc(/C(=C\C2C[C@@H](F)[C@@H](F)C2)C(N)=O)cc1C(c1cnccn1)P(=O)(O)O. The van der Waals surface area contributed by atoms with Gasteiger partial charge >= 0.3 is 7.60 Å². The molecule has 4 N–H and O–H groups in total. The van der Waals surface area contributed by atoms with Crippen LogP contribution >= 0.6 is 7.60 Å². The minimum atomic E-state index is -5.04. The maximum absolute atomic E-state index is 13.6. The van der Waals surface area contributed by atoms with Gasteiger partial charge in [0.15, 0.2) is 9.84 Å². The standard InChI is InChI=1S/C20H22F2N3O6PS/c1-33(30,31)18-3-2-12(13(20(23)26)6-11-7-15(21)16(22)8-11)9-14(18)19(32(27,28)29)17-10-24-4-5-25-17/h2-6,9-11,15-16,19H,7-8H2,1H3,(H2,23,26)(H2,27,28,29)/b13-6+/t11?,15-,16+,19?. The third-order valence-corrected chi connectivity index (χ3v) is 7.72. The molecule has 0 radical (unpaired) electrons. The van der Waals surface area contributed by atoms with Crippen molar-refractivity contribution in [2.45, 2.75) is 35.7 Å². The van der Waals surface area contributed by atoms with Gasteiger partial charge in [-0.05, 0) is 42.0 Å². The van der Waals surface area contributed by atoms with Crippen LogP contribution in [0, 0.1) is 5.92 Å². The number of hydrogen-bond acceptors (Lipinski definition) is 6. The van der Waals surface area contributed by atoms with Crippen molar-refractivity contribution in [3.63, 3.8) is 0 Å². The Morgan fingerprint density at radius 1 is 1.24 bits per heavy atom. The van der Waals surface area contributed by atoms with Gasteiger partial charge in [-0.2, -0.15) is 0 Å². The number of nitrogens with two attached hydrogens (primary N) is 1. The van der Waals surface area contributed by atoms with Gasteiger partial charge in [0.1, 0.15) is 18.0 Å². The lowest BCUT2D eigenvalue weighted by Crippen LogP contribution is -2.16. The summed E-state index contributed by atoms with van der Waals surface area (Å²) in [4.78, 5) is 39.6. The van der Waals surface area contributed by atoms with Crippen LogP contribution in [0.25, 0.3) is 5.57 Å². The molecule has 4 atom stereocenters. The third kappa shape index (κ3) is 5.70. The molecule has 1 aromatic carbocycles. The predicted molar refractivity (Wildman–Crippen MR) is 115 cm³/mol. The second-order valence-electron chi connectivity index (χ2n) is 7.85. The number of nitrogens with zero attached hydrogens (tertiary/aromatic N) is 2. The van der Waals surface area contributed by atoms with Gasteiger partial charge in [0.2, 0.25) is 5.91 Å². The van der Waals surface area contributed by atoms with Gasteiger partial charge in [0.25, 0.3) is 0 Å². The molecule has 1 saturated carbocycles. The number of benzene rings is 1. The summed E-state index contributed by atoms with van der Waals surface area (Å²) in [5.74, 6) is -1.58. The van der Waals surface area contributed by atoms with E-state index in [0.29, 0.717) is 0 Å². The van der Waals surface area contributed by atoms with E-state index in [4.69, 9.17) is 5.73 Å². The molecule has 1 fully saturated rings. The molecule has 0 spiro atoms. The molecule has 1 heterocycles. The van der Waals surface area contributed by atoms with Crippen molar-refractivity contribution in [2.24, 2.45) is 11.7 Å². The Kier molecular flexibility index (Phi) is 7.13. The van der Waals surface area contributed by atoms with Crippen molar-refractivity contribution < 1.29 is 36.3 Å². The van der Waals surface area contributed by atoms with Gasteiger partial charge in [0.05, 0.1) is 10.6 Å². The molecule has 1 aromatic heterocycles. The summed E-state index contributed by atoms with van der Waals surface area (Å²) in [6, 6.07) is 3.47. The molecule has 178 valence electrons. The largest absolute Gasteiger partial charge is 0.366 e. The van der Waals surface area contributed by atoms with Gasteiger partial charge in [0, 0.05) is 30.4 Å². The second-order valence-corrected chi connectivity index (χ2v) is 11.5. The smallest absolute Gasteiger partial charge is 0.339 e. The second kappa shape index (κ2) is 9.38. The van der Waals surface area contributed by atoms with E-state index in [1.165, 1.54) is 24.5 Å². The summed E-state index contributed by atoms with van der Waals surface area (Å²) in [5.41, 5.74) is 3.07. The topological polar surface area (TPSA) is 161 Å². The number of aromatic nitrogens is 2. The number of allylic oxidation sites excluding steroid dienone is 1. The minimum absolute atomic E-state index is 0.0463. The molecule has 0 bridgehead atoms. The quantitative estimate of drug-likeness (QED) is 0.384. The van der Waals surface area contributed by atoms with E-state index in [2.05, 4.69) is 9.97 Å². The summed E-state index contributed by atoms with van der Waals surface area (Å²) in [6.45, 7) is 0. The first-order valence-electron chi connectivity index (χ1n) is 9.74. The Bertz CT molecular complexity index is 1230. The molecule has 3 rings (SSSR count). The number of primary amides is 1. The predicted octanol–water partition coefficient (Wildman–Crippen LogP) is 2.10. The Hall–Kier alpha value is -2.53. The van der Waals surface area contributed by atoms with Crippen molar-refractivity contribution in [3.05, 3.63) is 59.7 Å². The van der Waals surface area contributed by atoms with E-state index >= 15 is 0 Å². The summed E-state index contributed by atoms with van der Waals surface area (Å²) >= 11 is 0. The van der Waals surface area contributed by atoms with Crippen LogP contribution in [0.2, 0.25) is 0 Å². The molecule has 1 aliphatic carbocycles. The van der Waals surface area contributed by atoms with E-state index in [1.54, 1.807) is 0 Å². The first-order chi connectivity index (χ1) is 15.3.